The smallest absolute Gasteiger partial charge is 0.237 e. The first kappa shape index (κ1) is 14.4. The zero-order valence-corrected chi connectivity index (χ0v) is 9.36. The van der Waals surface area contributed by atoms with Gasteiger partial charge in [0.25, 0.3) is 0 Å². The van der Waals surface area contributed by atoms with Gasteiger partial charge < -0.3 is 21.7 Å². The van der Waals surface area contributed by atoms with Crippen LogP contribution in [-0.4, -0.2) is 48.8 Å². The highest BCUT2D eigenvalue weighted by atomic mass is 16.2. The van der Waals surface area contributed by atoms with Crippen LogP contribution < -0.4 is 16.8 Å². The molecule has 0 rings (SSSR count). The summed E-state index contributed by atoms with van der Waals surface area (Å²) in [6, 6.07) is 0. The number of carbonyl (C=O) groups excluding carboxylic acids is 3. The monoisotopic (exact) mass is 230 g/mol. The Kier molecular flexibility index (Phi) is 6.86. The third kappa shape index (κ3) is 6.77. The Labute approximate surface area is 94.1 Å². The second-order valence-electron chi connectivity index (χ2n) is 3.29. The standard InChI is InChI=1S/C9H18N4O3/c1-2-12-4-3-9(16)13(5-7(10)14)6-8(11)15/h12H,2-6H2,1H3,(H2,10,14)(H2,11,15). The van der Waals surface area contributed by atoms with Crippen molar-refractivity contribution >= 4 is 17.7 Å². The molecule has 0 saturated heterocycles. The van der Waals surface area contributed by atoms with Crippen molar-refractivity contribution in [1.29, 1.82) is 0 Å². The van der Waals surface area contributed by atoms with Crippen molar-refractivity contribution in [2.75, 3.05) is 26.2 Å². The average Bonchev–Trinajstić information content (AvgIpc) is 2.15. The number of nitrogens with two attached hydrogens (primary N) is 2. The molecule has 7 heteroatoms. The van der Waals surface area contributed by atoms with E-state index in [9.17, 15) is 14.4 Å². The van der Waals surface area contributed by atoms with Crippen LogP contribution in [0.2, 0.25) is 0 Å². The summed E-state index contributed by atoms with van der Waals surface area (Å²) in [5.41, 5.74) is 9.92. The largest absolute Gasteiger partial charge is 0.368 e. The number of amides is 3. The van der Waals surface area contributed by atoms with Gasteiger partial charge in [-0.1, -0.05) is 6.92 Å². The lowest BCUT2D eigenvalue weighted by molar-refractivity contribution is -0.138. The van der Waals surface area contributed by atoms with Crippen LogP contribution in [0.4, 0.5) is 0 Å². The molecule has 0 spiro atoms. The van der Waals surface area contributed by atoms with E-state index < -0.39 is 11.8 Å². The van der Waals surface area contributed by atoms with Gasteiger partial charge in [-0.15, -0.1) is 0 Å². The van der Waals surface area contributed by atoms with Crippen LogP contribution in [0.5, 0.6) is 0 Å². The molecule has 0 atom stereocenters. The second-order valence-corrected chi connectivity index (χ2v) is 3.29. The lowest BCUT2D eigenvalue weighted by Gasteiger charge is -2.19. The zero-order chi connectivity index (χ0) is 12.6. The van der Waals surface area contributed by atoms with Gasteiger partial charge in [0.05, 0.1) is 13.1 Å². The predicted molar refractivity (Wildman–Crippen MR) is 58.1 cm³/mol. The molecular formula is C9H18N4O3. The van der Waals surface area contributed by atoms with Crippen LogP contribution in [0.3, 0.4) is 0 Å². The Hall–Kier alpha value is -1.63. The van der Waals surface area contributed by atoms with Crippen LogP contribution in [0.25, 0.3) is 0 Å². The molecular weight excluding hydrogens is 212 g/mol. The van der Waals surface area contributed by atoms with Crippen LogP contribution in [0.15, 0.2) is 0 Å². The maximum atomic E-state index is 11.6. The highest BCUT2D eigenvalue weighted by Gasteiger charge is 2.17. The van der Waals surface area contributed by atoms with E-state index in [2.05, 4.69) is 5.32 Å². The fraction of sp³-hybridized carbons (Fsp3) is 0.667. The van der Waals surface area contributed by atoms with Gasteiger partial charge in [0.1, 0.15) is 0 Å². The lowest BCUT2D eigenvalue weighted by Crippen LogP contribution is -2.44. The van der Waals surface area contributed by atoms with Crippen molar-refractivity contribution < 1.29 is 14.4 Å². The van der Waals surface area contributed by atoms with Crippen LogP contribution in [-0.2, 0) is 14.4 Å². The lowest BCUT2D eigenvalue weighted by atomic mass is 10.3. The fourth-order valence-corrected chi connectivity index (χ4v) is 1.14. The topological polar surface area (TPSA) is 119 Å². The highest BCUT2D eigenvalue weighted by Crippen LogP contribution is 1.93. The quantitative estimate of drug-likeness (QED) is 0.409. The molecule has 0 bridgehead atoms. The molecule has 0 aromatic carbocycles. The molecule has 0 aromatic heterocycles. The number of nitrogens with zero attached hydrogens (tertiary/aromatic N) is 1. The van der Waals surface area contributed by atoms with Crippen LogP contribution in [0, 0.1) is 0 Å². The minimum atomic E-state index is -0.668. The van der Waals surface area contributed by atoms with Crippen molar-refractivity contribution in [3.63, 3.8) is 0 Å². The maximum absolute atomic E-state index is 11.6. The number of carbonyl (C=O) groups is 3. The second kappa shape index (κ2) is 7.63. The Morgan fingerprint density at radius 2 is 1.62 bits per heavy atom. The predicted octanol–water partition coefficient (Wildman–Crippen LogP) is -2.21. The molecule has 5 N–H and O–H groups in total. The van der Waals surface area contributed by atoms with Gasteiger partial charge in [-0.25, -0.2) is 0 Å². The summed E-state index contributed by atoms with van der Waals surface area (Å²) in [5, 5.41) is 2.96. The average molecular weight is 230 g/mol. The highest BCUT2D eigenvalue weighted by molar-refractivity contribution is 5.88. The zero-order valence-electron chi connectivity index (χ0n) is 9.36. The number of primary amides is 2. The van der Waals surface area contributed by atoms with Gasteiger partial charge in [0, 0.05) is 13.0 Å². The summed E-state index contributed by atoms with van der Waals surface area (Å²) in [7, 11) is 0. The van der Waals surface area contributed by atoms with Gasteiger partial charge in [-0.2, -0.15) is 0 Å². The number of nitrogens with one attached hydrogen (secondary N) is 1. The van der Waals surface area contributed by atoms with E-state index in [1.807, 2.05) is 6.92 Å². The maximum Gasteiger partial charge on any atom is 0.237 e. The SMILES string of the molecule is CCNCCC(=O)N(CC(N)=O)CC(N)=O. The summed E-state index contributed by atoms with van der Waals surface area (Å²) in [5.74, 6) is -1.66. The summed E-state index contributed by atoms with van der Waals surface area (Å²) in [4.78, 5) is 34.0. The molecule has 0 aromatic rings. The van der Waals surface area contributed by atoms with E-state index in [-0.39, 0.29) is 25.4 Å². The van der Waals surface area contributed by atoms with E-state index in [0.29, 0.717) is 6.54 Å². The molecule has 3 amide bonds. The van der Waals surface area contributed by atoms with Crippen molar-refractivity contribution in [1.82, 2.24) is 10.2 Å². The van der Waals surface area contributed by atoms with E-state index in [4.69, 9.17) is 11.5 Å². The molecule has 92 valence electrons. The Morgan fingerprint density at radius 1 is 1.12 bits per heavy atom. The molecule has 0 saturated carbocycles. The van der Waals surface area contributed by atoms with E-state index in [1.165, 1.54) is 0 Å². The van der Waals surface area contributed by atoms with Gasteiger partial charge in [-0.3, -0.25) is 14.4 Å². The molecule has 0 heterocycles. The molecule has 0 aliphatic carbocycles. The molecule has 0 unspecified atom stereocenters. The minimum Gasteiger partial charge on any atom is -0.368 e. The van der Waals surface area contributed by atoms with Crippen molar-refractivity contribution in [3.8, 4) is 0 Å². The molecule has 0 aliphatic heterocycles. The Bertz CT molecular complexity index is 251. The van der Waals surface area contributed by atoms with Crippen molar-refractivity contribution in [2.24, 2.45) is 11.5 Å². The van der Waals surface area contributed by atoms with E-state index >= 15 is 0 Å². The first-order valence-corrected chi connectivity index (χ1v) is 5.02. The fourth-order valence-electron chi connectivity index (χ4n) is 1.14. The first-order chi connectivity index (χ1) is 7.47. The van der Waals surface area contributed by atoms with Crippen LogP contribution in [0.1, 0.15) is 13.3 Å². The van der Waals surface area contributed by atoms with E-state index in [0.717, 1.165) is 11.4 Å². The number of hydrogen-bond acceptors (Lipinski definition) is 4. The summed E-state index contributed by atoms with van der Waals surface area (Å²) in [6.07, 6.45) is 0.203. The van der Waals surface area contributed by atoms with Gasteiger partial charge >= 0.3 is 0 Å². The summed E-state index contributed by atoms with van der Waals surface area (Å²) >= 11 is 0. The third-order valence-electron chi connectivity index (χ3n) is 1.81. The first-order valence-electron chi connectivity index (χ1n) is 5.02. The number of rotatable bonds is 8. The molecule has 0 aliphatic rings. The molecule has 7 nitrogen and oxygen atoms in total. The summed E-state index contributed by atoms with van der Waals surface area (Å²) < 4.78 is 0. The Balaban J connectivity index is 4.20. The molecule has 16 heavy (non-hydrogen) atoms. The number of hydrogen-bond donors (Lipinski definition) is 3. The summed E-state index contributed by atoms with van der Waals surface area (Å²) in [6.45, 7) is 2.58. The molecule has 0 radical (unpaired) electrons. The van der Waals surface area contributed by atoms with Gasteiger partial charge in [0.15, 0.2) is 0 Å². The van der Waals surface area contributed by atoms with Crippen LogP contribution >= 0.6 is 0 Å². The normalized spacial score (nSPS) is 9.81. The van der Waals surface area contributed by atoms with E-state index in [1.54, 1.807) is 0 Å². The van der Waals surface area contributed by atoms with Crippen molar-refractivity contribution in [3.05, 3.63) is 0 Å². The third-order valence-corrected chi connectivity index (χ3v) is 1.81. The van der Waals surface area contributed by atoms with Gasteiger partial charge in [0.2, 0.25) is 17.7 Å². The van der Waals surface area contributed by atoms with Crippen molar-refractivity contribution in [2.45, 2.75) is 13.3 Å². The minimum absolute atomic E-state index is 0.203. The molecule has 0 fully saturated rings. The van der Waals surface area contributed by atoms with Gasteiger partial charge in [-0.05, 0) is 6.54 Å². The Morgan fingerprint density at radius 3 is 2.00 bits per heavy atom.